The van der Waals surface area contributed by atoms with Crippen molar-refractivity contribution in [3.05, 3.63) is 16.3 Å². The molecule has 0 aliphatic heterocycles. The zero-order valence-electron chi connectivity index (χ0n) is 13.1. The Morgan fingerprint density at radius 2 is 1.95 bits per heavy atom. The maximum absolute atomic E-state index is 6.18. The highest BCUT2D eigenvalue weighted by Crippen LogP contribution is 2.32. The molecule has 3 rings (SSSR count). The minimum Gasteiger partial charge on any atom is -0.383 e. The number of hydrogen-bond acceptors (Lipinski definition) is 5. The van der Waals surface area contributed by atoms with Crippen LogP contribution in [0.25, 0.3) is 10.2 Å². The largest absolute Gasteiger partial charge is 0.383 e. The van der Waals surface area contributed by atoms with Gasteiger partial charge in [0.15, 0.2) is 0 Å². The molecule has 5 heteroatoms. The van der Waals surface area contributed by atoms with Crippen LogP contribution in [-0.2, 0) is 6.54 Å². The van der Waals surface area contributed by atoms with Crippen LogP contribution in [0.15, 0.2) is 0 Å². The number of aryl methyl sites for hydroxylation is 2. The quantitative estimate of drug-likeness (QED) is 0.936. The van der Waals surface area contributed by atoms with E-state index in [0.717, 1.165) is 29.1 Å². The lowest BCUT2D eigenvalue weighted by Gasteiger charge is -2.26. The zero-order valence-corrected chi connectivity index (χ0v) is 14.0. The third-order valence-corrected chi connectivity index (χ3v) is 5.80. The Morgan fingerprint density at radius 3 is 2.62 bits per heavy atom. The number of aromatic nitrogens is 2. The molecule has 1 aliphatic carbocycles. The Kier molecular flexibility index (Phi) is 4.13. The van der Waals surface area contributed by atoms with Crippen LogP contribution in [0, 0.1) is 13.8 Å². The van der Waals surface area contributed by atoms with Gasteiger partial charge in [0.05, 0.1) is 11.9 Å². The number of fused-ring (bicyclic) bond motifs is 1. The van der Waals surface area contributed by atoms with Crippen molar-refractivity contribution in [3.8, 4) is 0 Å². The summed E-state index contributed by atoms with van der Waals surface area (Å²) in [6, 6.07) is 0.697. The van der Waals surface area contributed by atoms with Crippen LogP contribution in [0.1, 0.15) is 48.9 Å². The highest BCUT2D eigenvalue weighted by molar-refractivity contribution is 7.18. The molecule has 1 saturated carbocycles. The molecule has 0 bridgehead atoms. The normalized spacial score (nSPS) is 16.4. The predicted molar refractivity (Wildman–Crippen MR) is 89.6 cm³/mol. The molecular formula is C16H24N4S. The maximum atomic E-state index is 6.18. The van der Waals surface area contributed by atoms with Gasteiger partial charge in [0.1, 0.15) is 16.5 Å². The first kappa shape index (κ1) is 14.7. The molecule has 0 atom stereocenters. The molecule has 21 heavy (non-hydrogen) atoms. The number of rotatable bonds is 4. The van der Waals surface area contributed by atoms with Gasteiger partial charge in [-0.2, -0.15) is 0 Å². The van der Waals surface area contributed by atoms with Gasteiger partial charge in [-0.15, -0.1) is 11.3 Å². The van der Waals surface area contributed by atoms with Gasteiger partial charge < -0.3 is 5.73 Å². The van der Waals surface area contributed by atoms with Gasteiger partial charge in [-0.25, -0.2) is 9.97 Å². The van der Waals surface area contributed by atoms with Gasteiger partial charge in [0.2, 0.25) is 0 Å². The van der Waals surface area contributed by atoms with Crippen LogP contribution in [0.5, 0.6) is 0 Å². The number of thiophene rings is 1. The fourth-order valence-corrected chi connectivity index (χ4v) is 4.40. The van der Waals surface area contributed by atoms with Gasteiger partial charge in [0, 0.05) is 10.9 Å². The van der Waals surface area contributed by atoms with E-state index in [1.54, 1.807) is 11.3 Å². The highest BCUT2D eigenvalue weighted by Gasteiger charge is 2.22. The Hall–Kier alpha value is -1.20. The van der Waals surface area contributed by atoms with E-state index >= 15 is 0 Å². The number of nitrogens with zero attached hydrogens (tertiary/aromatic N) is 3. The highest BCUT2D eigenvalue weighted by atomic mass is 32.1. The monoisotopic (exact) mass is 304 g/mol. The third kappa shape index (κ3) is 2.77. The first-order valence-electron chi connectivity index (χ1n) is 7.86. The Morgan fingerprint density at radius 1 is 1.24 bits per heavy atom. The summed E-state index contributed by atoms with van der Waals surface area (Å²) in [6.45, 7) is 8.31. The van der Waals surface area contributed by atoms with Crippen molar-refractivity contribution in [1.82, 2.24) is 14.9 Å². The molecule has 2 N–H and O–H groups in total. The van der Waals surface area contributed by atoms with E-state index in [9.17, 15) is 0 Å². The fourth-order valence-electron chi connectivity index (χ4n) is 3.35. The Balaban J connectivity index is 1.89. The van der Waals surface area contributed by atoms with E-state index < -0.39 is 0 Å². The second-order valence-corrected chi connectivity index (χ2v) is 7.19. The summed E-state index contributed by atoms with van der Waals surface area (Å²) in [7, 11) is 0. The van der Waals surface area contributed by atoms with E-state index in [-0.39, 0.29) is 0 Å². The molecular weight excluding hydrogens is 280 g/mol. The van der Waals surface area contributed by atoms with Crippen LogP contribution in [0.2, 0.25) is 0 Å². The molecule has 0 radical (unpaired) electrons. The molecule has 114 valence electrons. The topological polar surface area (TPSA) is 55.0 Å². The minimum absolute atomic E-state index is 0.638. The van der Waals surface area contributed by atoms with Crippen molar-refractivity contribution in [2.24, 2.45) is 0 Å². The van der Waals surface area contributed by atoms with Gasteiger partial charge in [-0.1, -0.05) is 19.8 Å². The van der Waals surface area contributed by atoms with Crippen molar-refractivity contribution in [2.45, 2.75) is 59.0 Å². The van der Waals surface area contributed by atoms with E-state index in [1.807, 2.05) is 0 Å². The lowest BCUT2D eigenvalue weighted by atomic mass is 10.2. The van der Waals surface area contributed by atoms with Crippen LogP contribution < -0.4 is 5.73 Å². The zero-order chi connectivity index (χ0) is 15.0. The smallest absolute Gasteiger partial charge is 0.146 e. The Bertz CT molecular complexity index is 643. The fraction of sp³-hybridized carbons (Fsp3) is 0.625. The van der Waals surface area contributed by atoms with Crippen molar-refractivity contribution in [1.29, 1.82) is 0 Å². The molecule has 1 aliphatic rings. The third-order valence-electron chi connectivity index (χ3n) is 4.69. The number of nitrogen functional groups attached to an aromatic ring is 1. The van der Waals surface area contributed by atoms with E-state index in [2.05, 4.69) is 30.7 Å². The molecule has 0 aromatic carbocycles. The molecule has 4 nitrogen and oxygen atoms in total. The molecule has 0 saturated heterocycles. The summed E-state index contributed by atoms with van der Waals surface area (Å²) in [6.07, 6.45) is 5.32. The standard InChI is InChI=1S/C16H24N4S/c1-4-20(12-7-5-6-8-12)9-13-18-15(17)14-10(2)11(3)21-16(14)19-13/h12H,4-9H2,1-3H3,(H2,17,18,19). The van der Waals surface area contributed by atoms with Crippen LogP contribution in [-0.4, -0.2) is 27.5 Å². The molecule has 1 fully saturated rings. The average Bonchev–Trinajstić information content (AvgIpc) is 3.06. The molecule has 0 amide bonds. The summed E-state index contributed by atoms with van der Waals surface area (Å²) in [5.41, 5.74) is 7.40. The summed E-state index contributed by atoms with van der Waals surface area (Å²) < 4.78 is 0. The predicted octanol–water partition coefficient (Wildman–Crippen LogP) is 3.65. The first-order valence-corrected chi connectivity index (χ1v) is 8.68. The summed E-state index contributed by atoms with van der Waals surface area (Å²) in [4.78, 5) is 14.2. The summed E-state index contributed by atoms with van der Waals surface area (Å²) in [5.74, 6) is 1.51. The second-order valence-electron chi connectivity index (χ2n) is 5.99. The van der Waals surface area contributed by atoms with Gasteiger partial charge >= 0.3 is 0 Å². The number of hydrogen-bond donors (Lipinski definition) is 1. The average molecular weight is 304 g/mol. The first-order chi connectivity index (χ1) is 10.1. The van der Waals surface area contributed by atoms with Gasteiger partial charge in [-0.05, 0) is 38.8 Å². The van der Waals surface area contributed by atoms with Crippen molar-refractivity contribution < 1.29 is 0 Å². The van der Waals surface area contributed by atoms with E-state index in [0.29, 0.717) is 11.9 Å². The summed E-state index contributed by atoms with van der Waals surface area (Å²) >= 11 is 1.72. The SMILES string of the molecule is CCN(Cc1nc(N)c2c(C)c(C)sc2n1)C1CCCC1. The van der Waals surface area contributed by atoms with Crippen molar-refractivity contribution in [3.63, 3.8) is 0 Å². The lowest BCUT2D eigenvalue weighted by Crippen LogP contribution is -2.33. The van der Waals surface area contributed by atoms with Crippen molar-refractivity contribution >= 4 is 27.4 Å². The molecule has 0 spiro atoms. The molecule has 2 heterocycles. The van der Waals surface area contributed by atoms with Crippen molar-refractivity contribution in [2.75, 3.05) is 12.3 Å². The van der Waals surface area contributed by atoms with Gasteiger partial charge in [-0.3, -0.25) is 4.90 Å². The van der Waals surface area contributed by atoms with Crippen LogP contribution in [0.3, 0.4) is 0 Å². The Labute approximate surface area is 130 Å². The number of nitrogens with two attached hydrogens (primary N) is 1. The van der Waals surface area contributed by atoms with Crippen LogP contribution in [0.4, 0.5) is 5.82 Å². The van der Waals surface area contributed by atoms with E-state index in [1.165, 1.54) is 36.1 Å². The van der Waals surface area contributed by atoms with Gasteiger partial charge in [0.25, 0.3) is 0 Å². The van der Waals surface area contributed by atoms with Crippen LogP contribution >= 0.6 is 11.3 Å². The molecule has 2 aromatic heterocycles. The number of anilines is 1. The molecule has 2 aromatic rings. The lowest BCUT2D eigenvalue weighted by molar-refractivity contribution is 0.195. The molecule has 0 unspecified atom stereocenters. The second kappa shape index (κ2) is 5.89. The maximum Gasteiger partial charge on any atom is 0.146 e. The van der Waals surface area contributed by atoms with E-state index in [4.69, 9.17) is 10.7 Å². The minimum atomic E-state index is 0.638. The summed E-state index contributed by atoms with van der Waals surface area (Å²) in [5, 5.41) is 1.05.